The zero-order chi connectivity index (χ0) is 14.7. The molecule has 0 bridgehead atoms. The van der Waals surface area contributed by atoms with E-state index in [-0.39, 0.29) is 6.04 Å². The van der Waals surface area contributed by atoms with Crippen LogP contribution in [0.25, 0.3) is 11.0 Å². The number of aromatic nitrogens is 2. The lowest BCUT2D eigenvalue weighted by Crippen LogP contribution is -2.15. The van der Waals surface area contributed by atoms with Gasteiger partial charge in [0.05, 0.1) is 33.7 Å². The molecule has 110 valence electrons. The first kappa shape index (κ1) is 15.9. The van der Waals surface area contributed by atoms with E-state index >= 15 is 0 Å². The Bertz CT molecular complexity index is 598. The van der Waals surface area contributed by atoms with Crippen molar-refractivity contribution in [2.24, 2.45) is 0 Å². The fourth-order valence-electron chi connectivity index (χ4n) is 2.26. The zero-order valence-electron chi connectivity index (χ0n) is 11.5. The second-order valence-corrected chi connectivity index (χ2v) is 5.79. The molecule has 1 aromatic heterocycles. The van der Waals surface area contributed by atoms with Crippen LogP contribution < -0.4 is 0 Å². The van der Waals surface area contributed by atoms with Crippen molar-refractivity contribution in [3.05, 3.63) is 28.0 Å². The minimum absolute atomic E-state index is 0.162. The molecule has 1 aromatic carbocycles. The third-order valence-corrected chi connectivity index (χ3v) is 4.04. The Labute approximate surface area is 133 Å². The number of fused-ring (bicyclic) bond motifs is 1. The van der Waals surface area contributed by atoms with Crippen LogP contribution in [0.5, 0.6) is 0 Å². The second kappa shape index (κ2) is 6.99. The van der Waals surface area contributed by atoms with Crippen molar-refractivity contribution in [1.82, 2.24) is 9.55 Å². The fraction of sp³-hybridized carbons (Fsp3) is 0.500. The molecule has 0 aliphatic rings. The van der Waals surface area contributed by atoms with Gasteiger partial charge in [-0.05, 0) is 26.0 Å². The van der Waals surface area contributed by atoms with Gasteiger partial charge < -0.3 is 9.30 Å². The Morgan fingerprint density at radius 2 is 2.00 bits per heavy atom. The van der Waals surface area contributed by atoms with E-state index in [1.165, 1.54) is 0 Å². The van der Waals surface area contributed by atoms with Gasteiger partial charge in [-0.2, -0.15) is 0 Å². The average Bonchev–Trinajstić information content (AvgIpc) is 2.74. The molecule has 20 heavy (non-hydrogen) atoms. The molecule has 0 saturated heterocycles. The summed E-state index contributed by atoms with van der Waals surface area (Å²) in [4.78, 5) is 4.61. The molecule has 0 aliphatic carbocycles. The minimum atomic E-state index is 0.162. The molecule has 0 spiro atoms. The molecule has 6 heteroatoms. The monoisotopic (exact) mass is 334 g/mol. The van der Waals surface area contributed by atoms with E-state index in [1.807, 2.05) is 13.0 Å². The summed E-state index contributed by atoms with van der Waals surface area (Å²) < 4.78 is 7.65. The summed E-state index contributed by atoms with van der Waals surface area (Å²) in [6.45, 7) is 5.39. The summed E-state index contributed by atoms with van der Waals surface area (Å²) in [6.07, 6.45) is 0.696. The summed E-state index contributed by atoms with van der Waals surface area (Å²) in [5, 5.41) is 1.04. The third-order valence-electron chi connectivity index (χ3n) is 3.13. The normalized spacial score (nSPS) is 13.1. The van der Waals surface area contributed by atoms with Gasteiger partial charge in [0.1, 0.15) is 5.82 Å². The molecule has 1 atom stereocenters. The summed E-state index contributed by atoms with van der Waals surface area (Å²) in [5.41, 5.74) is 1.80. The van der Waals surface area contributed by atoms with Gasteiger partial charge in [0, 0.05) is 18.9 Å². The van der Waals surface area contributed by atoms with Crippen molar-refractivity contribution in [1.29, 1.82) is 0 Å². The molecule has 2 aromatic rings. The number of ether oxygens (including phenoxy) is 1. The molecule has 0 saturated carbocycles. The predicted molar refractivity (Wildman–Crippen MR) is 85.4 cm³/mol. The number of hydrogen-bond donors (Lipinski definition) is 0. The molecule has 0 radical (unpaired) electrons. The number of benzene rings is 1. The number of imidazole rings is 1. The van der Waals surface area contributed by atoms with Gasteiger partial charge in [-0.25, -0.2) is 4.98 Å². The van der Waals surface area contributed by atoms with Crippen molar-refractivity contribution in [2.75, 3.05) is 19.1 Å². The van der Waals surface area contributed by atoms with Gasteiger partial charge in [0.15, 0.2) is 0 Å². The van der Waals surface area contributed by atoms with E-state index in [0.29, 0.717) is 35.6 Å². The van der Waals surface area contributed by atoms with E-state index in [2.05, 4.69) is 16.5 Å². The van der Waals surface area contributed by atoms with E-state index in [0.717, 1.165) is 16.9 Å². The Hall–Kier alpha value is -0.480. The quantitative estimate of drug-likeness (QED) is 0.714. The fourth-order valence-corrected chi connectivity index (χ4v) is 2.74. The van der Waals surface area contributed by atoms with Crippen molar-refractivity contribution >= 4 is 45.8 Å². The van der Waals surface area contributed by atoms with Crippen LogP contribution in [-0.4, -0.2) is 28.6 Å². The van der Waals surface area contributed by atoms with Gasteiger partial charge in [-0.15, -0.1) is 11.6 Å². The van der Waals surface area contributed by atoms with E-state index in [9.17, 15) is 0 Å². The first-order valence-electron chi connectivity index (χ1n) is 6.58. The van der Waals surface area contributed by atoms with Gasteiger partial charge >= 0.3 is 0 Å². The first-order valence-corrected chi connectivity index (χ1v) is 7.87. The summed E-state index contributed by atoms with van der Waals surface area (Å²) in [7, 11) is 0. The number of hydrogen-bond acceptors (Lipinski definition) is 2. The van der Waals surface area contributed by atoms with Crippen LogP contribution in [0.2, 0.25) is 10.0 Å². The molecular formula is C14H17Cl3N2O. The highest BCUT2D eigenvalue weighted by Gasteiger charge is 2.17. The SMILES string of the molecule is CCOCC(C)n1c(CCCl)nc2cc(Cl)c(Cl)cc21. The Kier molecular flexibility index (Phi) is 5.56. The van der Waals surface area contributed by atoms with Crippen LogP contribution in [0.1, 0.15) is 25.7 Å². The maximum atomic E-state index is 6.12. The van der Waals surface area contributed by atoms with Crippen LogP contribution in [0, 0.1) is 0 Å². The van der Waals surface area contributed by atoms with Gasteiger partial charge in [-0.1, -0.05) is 23.2 Å². The highest BCUT2D eigenvalue weighted by Crippen LogP contribution is 2.30. The lowest BCUT2D eigenvalue weighted by molar-refractivity contribution is 0.119. The van der Waals surface area contributed by atoms with Crippen LogP contribution >= 0.6 is 34.8 Å². The van der Waals surface area contributed by atoms with E-state index in [4.69, 9.17) is 39.5 Å². The number of nitrogens with zero attached hydrogens (tertiary/aromatic N) is 2. The smallest absolute Gasteiger partial charge is 0.111 e. The average molecular weight is 336 g/mol. The largest absolute Gasteiger partial charge is 0.380 e. The highest BCUT2D eigenvalue weighted by molar-refractivity contribution is 6.42. The maximum Gasteiger partial charge on any atom is 0.111 e. The molecular weight excluding hydrogens is 319 g/mol. The molecule has 0 N–H and O–H groups in total. The third kappa shape index (κ3) is 3.22. The van der Waals surface area contributed by atoms with Crippen molar-refractivity contribution in [3.8, 4) is 0 Å². The predicted octanol–water partition coefficient (Wildman–Crippen LogP) is 4.72. The van der Waals surface area contributed by atoms with Crippen LogP contribution in [0.15, 0.2) is 12.1 Å². The molecule has 0 fully saturated rings. The van der Waals surface area contributed by atoms with E-state index < -0.39 is 0 Å². The van der Waals surface area contributed by atoms with Gasteiger partial charge in [-0.3, -0.25) is 0 Å². The lowest BCUT2D eigenvalue weighted by Gasteiger charge is -2.17. The summed E-state index contributed by atoms with van der Waals surface area (Å²) in [6, 6.07) is 3.81. The van der Waals surface area contributed by atoms with Crippen LogP contribution in [0.4, 0.5) is 0 Å². The summed E-state index contributed by atoms with van der Waals surface area (Å²) >= 11 is 18.1. The van der Waals surface area contributed by atoms with Crippen LogP contribution in [-0.2, 0) is 11.2 Å². The topological polar surface area (TPSA) is 27.1 Å². The van der Waals surface area contributed by atoms with Gasteiger partial charge in [0.2, 0.25) is 0 Å². The lowest BCUT2D eigenvalue weighted by atomic mass is 10.2. The molecule has 2 rings (SSSR count). The number of rotatable bonds is 6. The van der Waals surface area contributed by atoms with Crippen molar-refractivity contribution < 1.29 is 4.74 Å². The number of alkyl halides is 1. The second-order valence-electron chi connectivity index (χ2n) is 4.60. The Morgan fingerprint density at radius 1 is 1.30 bits per heavy atom. The Morgan fingerprint density at radius 3 is 2.65 bits per heavy atom. The van der Waals surface area contributed by atoms with Gasteiger partial charge in [0.25, 0.3) is 0 Å². The van der Waals surface area contributed by atoms with Crippen molar-refractivity contribution in [2.45, 2.75) is 26.3 Å². The molecule has 1 heterocycles. The Balaban J connectivity index is 2.52. The molecule has 0 amide bonds. The standard InChI is InChI=1S/C14H17Cl3N2O/c1-3-20-8-9(2)19-13-7-11(17)10(16)6-12(13)18-14(19)4-5-15/h6-7,9H,3-5,8H2,1-2H3. The zero-order valence-corrected chi connectivity index (χ0v) is 13.8. The molecule has 3 nitrogen and oxygen atoms in total. The van der Waals surface area contributed by atoms with Crippen molar-refractivity contribution in [3.63, 3.8) is 0 Å². The van der Waals surface area contributed by atoms with Crippen LogP contribution in [0.3, 0.4) is 0 Å². The maximum absolute atomic E-state index is 6.12. The number of halogens is 3. The first-order chi connectivity index (χ1) is 9.58. The van der Waals surface area contributed by atoms with E-state index in [1.54, 1.807) is 6.07 Å². The number of aryl methyl sites for hydroxylation is 1. The summed E-state index contributed by atoms with van der Waals surface area (Å²) in [5.74, 6) is 1.45. The molecule has 0 aliphatic heterocycles. The minimum Gasteiger partial charge on any atom is -0.380 e. The molecule has 1 unspecified atom stereocenters. The highest BCUT2D eigenvalue weighted by atomic mass is 35.5.